The lowest BCUT2D eigenvalue weighted by Crippen LogP contribution is -1.97. The normalized spacial score (nSPS) is 10.8. The highest BCUT2D eigenvalue weighted by Crippen LogP contribution is 2.23. The van der Waals surface area contributed by atoms with Crippen molar-refractivity contribution in [2.45, 2.75) is 6.54 Å². The van der Waals surface area contributed by atoms with E-state index in [2.05, 4.69) is 29.0 Å². The summed E-state index contributed by atoms with van der Waals surface area (Å²) in [4.78, 5) is 0. The Labute approximate surface area is 117 Å². The first-order valence-electron chi connectivity index (χ1n) is 6.13. The van der Waals surface area contributed by atoms with Gasteiger partial charge in [0.15, 0.2) is 0 Å². The summed E-state index contributed by atoms with van der Waals surface area (Å²) in [6, 6.07) is 16.2. The van der Waals surface area contributed by atoms with Gasteiger partial charge in [0.05, 0.1) is 7.11 Å². The molecule has 0 atom stereocenters. The fourth-order valence-corrected chi connectivity index (χ4v) is 2.49. The summed E-state index contributed by atoms with van der Waals surface area (Å²) < 4.78 is 7.45. The second-order valence-corrected chi connectivity index (χ2v) is 4.93. The summed E-state index contributed by atoms with van der Waals surface area (Å²) >= 11 is 6.02. The molecule has 0 fully saturated rings. The van der Waals surface area contributed by atoms with Crippen LogP contribution in [0.3, 0.4) is 0 Å². The molecule has 0 aliphatic heterocycles. The third-order valence-electron chi connectivity index (χ3n) is 3.22. The summed E-state index contributed by atoms with van der Waals surface area (Å²) in [6.45, 7) is 0.816. The van der Waals surface area contributed by atoms with E-state index in [1.54, 1.807) is 7.11 Å². The van der Waals surface area contributed by atoms with Gasteiger partial charge in [-0.15, -0.1) is 0 Å². The Hall–Kier alpha value is -1.93. The molecule has 1 aromatic heterocycles. The van der Waals surface area contributed by atoms with Gasteiger partial charge in [-0.2, -0.15) is 0 Å². The topological polar surface area (TPSA) is 14.2 Å². The first-order chi connectivity index (χ1) is 9.26. The number of nitrogens with zero attached hydrogens (tertiary/aromatic N) is 1. The lowest BCUT2D eigenvalue weighted by Gasteiger charge is -2.07. The summed E-state index contributed by atoms with van der Waals surface area (Å²) in [5.74, 6) is 0.882. The van der Waals surface area contributed by atoms with E-state index in [1.165, 1.54) is 16.5 Å². The summed E-state index contributed by atoms with van der Waals surface area (Å²) in [5, 5.41) is 1.96. The molecule has 0 aliphatic carbocycles. The molecule has 3 rings (SSSR count). The van der Waals surface area contributed by atoms with E-state index in [-0.39, 0.29) is 0 Å². The van der Waals surface area contributed by atoms with Crippen LogP contribution in [0, 0.1) is 0 Å². The summed E-state index contributed by atoms with van der Waals surface area (Å²) in [5.41, 5.74) is 2.39. The largest absolute Gasteiger partial charge is 0.497 e. The lowest BCUT2D eigenvalue weighted by atomic mass is 10.2. The van der Waals surface area contributed by atoms with Crippen LogP contribution in [0.25, 0.3) is 10.9 Å². The molecular formula is C16H14ClNO. The van der Waals surface area contributed by atoms with Gasteiger partial charge in [-0.25, -0.2) is 0 Å². The number of hydrogen-bond acceptors (Lipinski definition) is 1. The molecule has 96 valence electrons. The van der Waals surface area contributed by atoms with Gasteiger partial charge >= 0.3 is 0 Å². The van der Waals surface area contributed by atoms with Crippen molar-refractivity contribution < 1.29 is 4.74 Å². The fourth-order valence-electron chi connectivity index (χ4n) is 2.28. The zero-order valence-electron chi connectivity index (χ0n) is 10.6. The van der Waals surface area contributed by atoms with Crippen LogP contribution >= 0.6 is 11.6 Å². The van der Waals surface area contributed by atoms with Crippen LogP contribution in [0.1, 0.15) is 5.56 Å². The van der Waals surface area contributed by atoms with E-state index in [0.29, 0.717) is 0 Å². The Morgan fingerprint density at radius 1 is 1.11 bits per heavy atom. The second-order valence-electron chi connectivity index (χ2n) is 4.50. The molecule has 1 heterocycles. The van der Waals surface area contributed by atoms with E-state index in [9.17, 15) is 0 Å². The molecule has 3 heteroatoms. The Morgan fingerprint density at radius 2 is 2.00 bits per heavy atom. The molecule has 0 radical (unpaired) electrons. The number of hydrogen-bond donors (Lipinski definition) is 0. The maximum atomic E-state index is 6.02. The number of methoxy groups -OCH3 is 1. The van der Waals surface area contributed by atoms with Crippen molar-refractivity contribution in [1.82, 2.24) is 4.57 Å². The number of halogens is 1. The fraction of sp³-hybridized carbons (Fsp3) is 0.125. The summed E-state index contributed by atoms with van der Waals surface area (Å²) in [7, 11) is 1.68. The first-order valence-corrected chi connectivity index (χ1v) is 6.51. The van der Waals surface area contributed by atoms with E-state index >= 15 is 0 Å². The maximum Gasteiger partial charge on any atom is 0.119 e. The predicted octanol–water partition coefficient (Wildman–Crippen LogP) is 4.35. The average Bonchev–Trinajstić information content (AvgIpc) is 2.81. The predicted molar refractivity (Wildman–Crippen MR) is 79.0 cm³/mol. The zero-order chi connectivity index (χ0) is 13.2. The molecule has 0 unspecified atom stereocenters. The van der Waals surface area contributed by atoms with Gasteiger partial charge in [0.1, 0.15) is 5.75 Å². The Kier molecular flexibility index (Phi) is 3.18. The smallest absolute Gasteiger partial charge is 0.119 e. The Balaban J connectivity index is 1.97. The van der Waals surface area contributed by atoms with E-state index < -0.39 is 0 Å². The van der Waals surface area contributed by atoms with Crippen molar-refractivity contribution in [3.05, 3.63) is 65.3 Å². The monoisotopic (exact) mass is 271 g/mol. The van der Waals surface area contributed by atoms with Gasteiger partial charge in [-0.05, 0) is 42.0 Å². The zero-order valence-corrected chi connectivity index (χ0v) is 11.4. The molecule has 2 aromatic carbocycles. The standard InChI is InChI=1S/C16H14ClNO/c1-19-15-5-6-16-13(10-15)7-8-18(16)11-12-3-2-4-14(17)9-12/h2-10H,11H2,1H3. The molecule has 0 amide bonds. The van der Waals surface area contributed by atoms with Crippen molar-refractivity contribution in [3.63, 3.8) is 0 Å². The van der Waals surface area contributed by atoms with Crippen molar-refractivity contribution in [2.24, 2.45) is 0 Å². The van der Waals surface area contributed by atoms with Crippen LogP contribution in [-0.2, 0) is 6.54 Å². The number of fused-ring (bicyclic) bond motifs is 1. The second kappa shape index (κ2) is 4.98. The number of aromatic nitrogens is 1. The molecule has 2 nitrogen and oxygen atoms in total. The molecule has 0 aliphatic rings. The number of benzene rings is 2. The minimum atomic E-state index is 0.774. The molecule has 0 N–H and O–H groups in total. The third kappa shape index (κ3) is 2.45. The third-order valence-corrected chi connectivity index (χ3v) is 3.46. The van der Waals surface area contributed by atoms with Crippen LogP contribution in [-0.4, -0.2) is 11.7 Å². The summed E-state index contributed by atoms with van der Waals surface area (Å²) in [6.07, 6.45) is 2.09. The highest BCUT2D eigenvalue weighted by atomic mass is 35.5. The van der Waals surface area contributed by atoms with Crippen LogP contribution < -0.4 is 4.74 Å². The Morgan fingerprint density at radius 3 is 2.79 bits per heavy atom. The molecule has 0 bridgehead atoms. The van der Waals surface area contributed by atoms with Crippen molar-refractivity contribution >= 4 is 22.5 Å². The first kappa shape index (κ1) is 12.1. The minimum absolute atomic E-state index is 0.774. The highest BCUT2D eigenvalue weighted by Gasteiger charge is 2.03. The van der Waals surface area contributed by atoms with Gasteiger partial charge in [0.25, 0.3) is 0 Å². The maximum absolute atomic E-state index is 6.02. The van der Waals surface area contributed by atoms with Crippen molar-refractivity contribution in [1.29, 1.82) is 0 Å². The van der Waals surface area contributed by atoms with Gasteiger partial charge in [-0.3, -0.25) is 0 Å². The van der Waals surface area contributed by atoms with Crippen LogP contribution in [0.4, 0.5) is 0 Å². The molecular weight excluding hydrogens is 258 g/mol. The van der Waals surface area contributed by atoms with E-state index in [1.807, 2.05) is 30.3 Å². The van der Waals surface area contributed by atoms with Crippen LogP contribution in [0.15, 0.2) is 54.7 Å². The SMILES string of the molecule is COc1ccc2c(ccn2Cc2cccc(Cl)c2)c1. The number of rotatable bonds is 3. The molecule has 0 spiro atoms. The van der Waals surface area contributed by atoms with Crippen LogP contribution in [0.5, 0.6) is 5.75 Å². The lowest BCUT2D eigenvalue weighted by molar-refractivity contribution is 0.415. The van der Waals surface area contributed by atoms with Gasteiger partial charge in [-0.1, -0.05) is 23.7 Å². The molecule has 3 aromatic rings. The highest BCUT2D eigenvalue weighted by molar-refractivity contribution is 6.30. The van der Waals surface area contributed by atoms with E-state index in [4.69, 9.17) is 16.3 Å². The van der Waals surface area contributed by atoms with Gasteiger partial charge < -0.3 is 9.30 Å². The van der Waals surface area contributed by atoms with Crippen molar-refractivity contribution in [2.75, 3.05) is 7.11 Å². The van der Waals surface area contributed by atoms with Crippen LogP contribution in [0.2, 0.25) is 5.02 Å². The molecule has 0 saturated carbocycles. The molecule has 19 heavy (non-hydrogen) atoms. The number of ether oxygens (including phenoxy) is 1. The molecule has 0 saturated heterocycles. The van der Waals surface area contributed by atoms with E-state index in [0.717, 1.165) is 17.3 Å². The van der Waals surface area contributed by atoms with Gasteiger partial charge in [0, 0.05) is 28.7 Å². The Bertz CT molecular complexity index is 718. The minimum Gasteiger partial charge on any atom is -0.497 e. The van der Waals surface area contributed by atoms with Crippen molar-refractivity contribution in [3.8, 4) is 5.75 Å². The quantitative estimate of drug-likeness (QED) is 0.691. The average molecular weight is 272 g/mol. The van der Waals surface area contributed by atoms with Gasteiger partial charge in [0.2, 0.25) is 0 Å².